The summed E-state index contributed by atoms with van der Waals surface area (Å²) in [4.78, 5) is 38.8. The highest BCUT2D eigenvalue weighted by Gasteiger charge is 2.43. The van der Waals surface area contributed by atoms with E-state index >= 15 is 0 Å². The van der Waals surface area contributed by atoms with Crippen LogP contribution in [0.4, 0.5) is 5.69 Å². The third-order valence-corrected chi connectivity index (χ3v) is 5.49. The molecule has 1 atom stereocenters. The molecule has 2 amide bonds. The van der Waals surface area contributed by atoms with Gasteiger partial charge in [-0.3, -0.25) is 19.7 Å². The second-order valence-corrected chi connectivity index (χ2v) is 7.28. The molecule has 7 nitrogen and oxygen atoms in total. The monoisotopic (exact) mass is 345 g/mol. The number of amides is 2. The second-order valence-electron chi connectivity index (χ2n) is 7.28. The Morgan fingerprint density at radius 2 is 1.88 bits per heavy atom. The zero-order valence-corrected chi connectivity index (χ0v) is 14.7. The molecule has 2 heterocycles. The number of hydrogen-bond donors (Lipinski definition) is 0. The molecule has 0 N–H and O–H groups in total. The minimum Gasteiger partial charge on any atom is -0.342 e. The van der Waals surface area contributed by atoms with Gasteiger partial charge in [0.15, 0.2) is 0 Å². The highest BCUT2D eigenvalue weighted by atomic mass is 16.6. The van der Waals surface area contributed by atoms with E-state index in [0.717, 1.165) is 25.8 Å². The topological polar surface area (TPSA) is 83.8 Å². The summed E-state index contributed by atoms with van der Waals surface area (Å²) in [6.45, 7) is 5.94. The van der Waals surface area contributed by atoms with Gasteiger partial charge in [-0.15, -0.1) is 0 Å². The molecule has 3 rings (SSSR count). The van der Waals surface area contributed by atoms with E-state index in [1.807, 2.05) is 4.90 Å². The number of nitro groups is 1. The summed E-state index contributed by atoms with van der Waals surface area (Å²) in [6.07, 6.45) is 2.81. The molecule has 25 heavy (non-hydrogen) atoms. The molecule has 0 saturated carbocycles. The van der Waals surface area contributed by atoms with Crippen molar-refractivity contribution in [2.45, 2.75) is 33.1 Å². The Bertz CT molecular complexity index is 733. The molecule has 0 radical (unpaired) electrons. The van der Waals surface area contributed by atoms with Crippen LogP contribution >= 0.6 is 0 Å². The Hall–Kier alpha value is -2.44. The molecule has 0 aromatic heterocycles. The minimum atomic E-state index is -0.453. The fraction of sp³-hybridized carbons (Fsp3) is 0.556. The zero-order valence-electron chi connectivity index (χ0n) is 14.7. The van der Waals surface area contributed by atoms with Crippen molar-refractivity contribution in [1.82, 2.24) is 9.80 Å². The largest absolute Gasteiger partial charge is 0.342 e. The van der Waals surface area contributed by atoms with Gasteiger partial charge in [-0.1, -0.05) is 6.07 Å². The first kappa shape index (κ1) is 17.4. The van der Waals surface area contributed by atoms with Gasteiger partial charge < -0.3 is 9.80 Å². The summed E-state index contributed by atoms with van der Waals surface area (Å²) in [5.41, 5.74) is 0.845. The molecule has 1 aromatic carbocycles. The van der Waals surface area contributed by atoms with Crippen LogP contribution in [0.3, 0.4) is 0 Å². The summed E-state index contributed by atoms with van der Waals surface area (Å²) in [5, 5.41) is 11.1. The van der Waals surface area contributed by atoms with Crippen LogP contribution in [-0.2, 0) is 4.79 Å². The van der Waals surface area contributed by atoms with E-state index < -0.39 is 4.92 Å². The number of aryl methyl sites for hydroxylation is 1. The van der Waals surface area contributed by atoms with Crippen molar-refractivity contribution in [3.05, 3.63) is 39.4 Å². The van der Waals surface area contributed by atoms with Crippen LogP contribution in [0.2, 0.25) is 0 Å². The molecule has 2 aliphatic rings. The maximum atomic E-state index is 12.9. The smallest absolute Gasteiger partial charge is 0.273 e. The molecule has 2 fully saturated rings. The average Bonchev–Trinajstić information content (AvgIpc) is 2.98. The summed E-state index contributed by atoms with van der Waals surface area (Å²) >= 11 is 0. The highest BCUT2D eigenvalue weighted by molar-refractivity contribution is 5.95. The molecule has 0 bridgehead atoms. The number of carbonyl (C=O) groups is 2. The van der Waals surface area contributed by atoms with Crippen molar-refractivity contribution >= 4 is 17.5 Å². The third-order valence-electron chi connectivity index (χ3n) is 5.49. The molecular weight excluding hydrogens is 322 g/mol. The first-order chi connectivity index (χ1) is 11.8. The Morgan fingerprint density at radius 3 is 2.52 bits per heavy atom. The lowest BCUT2D eigenvalue weighted by Gasteiger charge is -2.40. The standard InChI is InChI=1S/C18H23N3O4/c1-13-4-5-15(10-16(13)21(24)25)17(23)20-8-3-6-18(12-20)7-9-19(11-18)14(2)22/h4-5,10H,3,6-9,11-12H2,1-2H3/t18-/m1/s1. The highest BCUT2D eigenvalue weighted by Crippen LogP contribution is 2.39. The van der Waals surface area contributed by atoms with Crippen molar-refractivity contribution in [1.29, 1.82) is 0 Å². The van der Waals surface area contributed by atoms with Gasteiger partial charge in [0.1, 0.15) is 0 Å². The fourth-order valence-corrected chi connectivity index (χ4v) is 4.04. The molecule has 1 aromatic rings. The maximum Gasteiger partial charge on any atom is 0.273 e. The van der Waals surface area contributed by atoms with Crippen LogP contribution in [0.15, 0.2) is 18.2 Å². The number of nitro benzene ring substituents is 1. The predicted octanol–water partition coefficient (Wildman–Crippen LogP) is 2.38. The first-order valence-electron chi connectivity index (χ1n) is 8.61. The van der Waals surface area contributed by atoms with Crippen molar-refractivity contribution in [3.8, 4) is 0 Å². The predicted molar refractivity (Wildman–Crippen MR) is 92.3 cm³/mol. The number of rotatable bonds is 2. The molecule has 7 heteroatoms. The van der Waals surface area contributed by atoms with E-state index in [9.17, 15) is 19.7 Å². The Morgan fingerprint density at radius 1 is 1.16 bits per heavy atom. The van der Waals surface area contributed by atoms with Crippen LogP contribution in [0.1, 0.15) is 42.1 Å². The van der Waals surface area contributed by atoms with Gasteiger partial charge in [-0.05, 0) is 32.3 Å². The van der Waals surface area contributed by atoms with E-state index in [4.69, 9.17) is 0 Å². The van der Waals surface area contributed by atoms with E-state index in [1.165, 1.54) is 6.07 Å². The normalized spacial score (nSPS) is 23.1. The lowest BCUT2D eigenvalue weighted by Crippen LogP contribution is -2.47. The quantitative estimate of drug-likeness (QED) is 0.608. The van der Waals surface area contributed by atoms with Crippen LogP contribution in [0, 0.1) is 22.5 Å². The van der Waals surface area contributed by atoms with Crippen LogP contribution in [0.5, 0.6) is 0 Å². The fourth-order valence-electron chi connectivity index (χ4n) is 4.04. The first-order valence-corrected chi connectivity index (χ1v) is 8.61. The number of benzene rings is 1. The SMILES string of the molecule is CC(=O)N1CC[C@]2(CCCN(C(=O)c3ccc(C)c([N+](=O)[O-])c3)C2)C1. The van der Waals surface area contributed by atoms with Crippen LogP contribution < -0.4 is 0 Å². The minimum absolute atomic E-state index is 0.0267. The summed E-state index contributed by atoms with van der Waals surface area (Å²) in [7, 11) is 0. The van der Waals surface area contributed by atoms with Crippen molar-refractivity contribution in [3.63, 3.8) is 0 Å². The van der Waals surface area contributed by atoms with Gasteiger partial charge >= 0.3 is 0 Å². The van der Waals surface area contributed by atoms with E-state index in [0.29, 0.717) is 30.8 Å². The zero-order chi connectivity index (χ0) is 18.2. The number of piperidine rings is 1. The second kappa shape index (κ2) is 6.46. The molecule has 134 valence electrons. The molecule has 2 saturated heterocycles. The van der Waals surface area contributed by atoms with Gasteiger partial charge in [-0.2, -0.15) is 0 Å². The average molecular weight is 345 g/mol. The molecule has 1 spiro atoms. The molecule has 2 aliphatic heterocycles. The Kier molecular flexibility index (Phi) is 4.49. The third kappa shape index (κ3) is 3.36. The number of nitrogens with zero attached hydrogens (tertiary/aromatic N) is 3. The van der Waals surface area contributed by atoms with Crippen LogP contribution in [-0.4, -0.2) is 52.7 Å². The number of carbonyl (C=O) groups excluding carboxylic acids is 2. The van der Waals surface area contributed by atoms with E-state index in [2.05, 4.69) is 0 Å². The van der Waals surface area contributed by atoms with Crippen molar-refractivity contribution in [2.24, 2.45) is 5.41 Å². The van der Waals surface area contributed by atoms with E-state index in [1.54, 1.807) is 30.9 Å². The summed E-state index contributed by atoms with van der Waals surface area (Å²) in [5.74, 6) is -0.0852. The van der Waals surface area contributed by atoms with Gasteiger partial charge in [-0.25, -0.2) is 0 Å². The van der Waals surface area contributed by atoms with E-state index in [-0.39, 0.29) is 22.9 Å². The van der Waals surface area contributed by atoms with Gasteiger partial charge in [0.2, 0.25) is 5.91 Å². The van der Waals surface area contributed by atoms with Crippen LogP contribution in [0.25, 0.3) is 0 Å². The Labute approximate surface area is 146 Å². The summed E-state index contributed by atoms with van der Waals surface area (Å²) in [6, 6.07) is 4.65. The van der Waals surface area contributed by atoms with Gasteiger partial charge in [0.25, 0.3) is 11.6 Å². The van der Waals surface area contributed by atoms with Gasteiger partial charge in [0.05, 0.1) is 4.92 Å². The number of likely N-dealkylation sites (tertiary alicyclic amines) is 2. The van der Waals surface area contributed by atoms with Gasteiger partial charge in [0, 0.05) is 55.7 Å². The lowest BCUT2D eigenvalue weighted by molar-refractivity contribution is -0.385. The summed E-state index contributed by atoms with van der Waals surface area (Å²) < 4.78 is 0. The molecule has 0 unspecified atom stereocenters. The number of hydrogen-bond acceptors (Lipinski definition) is 4. The Balaban J connectivity index is 1.78. The van der Waals surface area contributed by atoms with Crippen molar-refractivity contribution in [2.75, 3.05) is 26.2 Å². The molecule has 0 aliphatic carbocycles. The lowest BCUT2D eigenvalue weighted by atomic mass is 9.79. The molecular formula is C18H23N3O4. The van der Waals surface area contributed by atoms with Crippen molar-refractivity contribution < 1.29 is 14.5 Å². The maximum absolute atomic E-state index is 12.9.